The third-order valence-corrected chi connectivity index (χ3v) is 8.36. The fraction of sp³-hybridized carbons (Fsp3) is 0.480. The van der Waals surface area contributed by atoms with Gasteiger partial charge in [0, 0.05) is 44.0 Å². The van der Waals surface area contributed by atoms with E-state index in [1.54, 1.807) is 30.4 Å². The predicted molar refractivity (Wildman–Crippen MR) is 141 cm³/mol. The Kier molecular flexibility index (Phi) is 6.39. The molecule has 182 valence electrons. The molecule has 3 atom stereocenters. The number of aromatic nitrogens is 4. The molecule has 0 amide bonds. The molecule has 5 heterocycles. The molecular formula is C25H30N8OS. The van der Waals surface area contributed by atoms with Crippen LogP contribution in [-0.4, -0.2) is 68.5 Å². The number of piperidine rings is 2. The van der Waals surface area contributed by atoms with Gasteiger partial charge in [-0.3, -0.25) is 14.8 Å². The van der Waals surface area contributed by atoms with Gasteiger partial charge in [0.15, 0.2) is 0 Å². The minimum atomic E-state index is -0.101. The first-order valence-corrected chi connectivity index (χ1v) is 13.3. The highest BCUT2D eigenvalue weighted by Gasteiger charge is 2.33. The van der Waals surface area contributed by atoms with E-state index in [0.29, 0.717) is 11.4 Å². The van der Waals surface area contributed by atoms with Gasteiger partial charge < -0.3 is 20.5 Å². The van der Waals surface area contributed by atoms with Crippen LogP contribution < -0.4 is 21.1 Å². The summed E-state index contributed by atoms with van der Waals surface area (Å²) in [5, 5.41) is 8.08. The molecule has 2 aromatic heterocycles. The summed E-state index contributed by atoms with van der Waals surface area (Å²) in [6.07, 6.45) is 17.5. The molecule has 9 nitrogen and oxygen atoms in total. The number of fused-ring (bicyclic) bond motifs is 1. The van der Waals surface area contributed by atoms with Crippen LogP contribution in [0.4, 0.5) is 11.6 Å². The molecule has 0 spiro atoms. The van der Waals surface area contributed by atoms with Gasteiger partial charge in [-0.15, -0.1) is 0 Å². The number of H-pyrrole nitrogens is 1. The third-order valence-electron chi connectivity index (χ3n) is 7.12. The summed E-state index contributed by atoms with van der Waals surface area (Å²) < 4.78 is 0. The van der Waals surface area contributed by atoms with E-state index in [9.17, 15) is 4.79 Å². The SMILES string of the molecule is O=c1[nH]c(C2CCN(c3cnccn3)CC2)nc(NC2CCCNC2)c1C1=NC2C=CC=CC2S1. The number of hydrogen-bond acceptors (Lipinski definition) is 9. The largest absolute Gasteiger partial charge is 0.365 e. The smallest absolute Gasteiger partial charge is 0.263 e. The molecule has 6 rings (SSSR count). The first-order chi connectivity index (χ1) is 17.2. The molecule has 35 heavy (non-hydrogen) atoms. The van der Waals surface area contributed by atoms with E-state index in [-0.39, 0.29) is 28.8 Å². The van der Waals surface area contributed by atoms with Crippen molar-refractivity contribution in [2.24, 2.45) is 4.99 Å². The summed E-state index contributed by atoms with van der Waals surface area (Å²) in [5.74, 6) is 2.54. The van der Waals surface area contributed by atoms with Crippen LogP contribution in [0.3, 0.4) is 0 Å². The number of allylic oxidation sites excluding steroid dienone is 2. The summed E-state index contributed by atoms with van der Waals surface area (Å²) in [6, 6.07) is 0.325. The van der Waals surface area contributed by atoms with Gasteiger partial charge in [0.1, 0.15) is 28.1 Å². The Balaban J connectivity index is 1.28. The Morgan fingerprint density at radius 3 is 2.77 bits per heavy atom. The zero-order valence-corrected chi connectivity index (χ0v) is 20.4. The quantitative estimate of drug-likeness (QED) is 0.586. The van der Waals surface area contributed by atoms with Crippen molar-refractivity contribution < 1.29 is 0 Å². The average Bonchev–Trinajstić information content (AvgIpc) is 3.33. The highest BCUT2D eigenvalue weighted by atomic mass is 32.2. The molecule has 3 aliphatic heterocycles. The first kappa shape index (κ1) is 22.5. The van der Waals surface area contributed by atoms with E-state index in [1.807, 2.05) is 6.08 Å². The van der Waals surface area contributed by atoms with Crippen molar-refractivity contribution in [3.8, 4) is 0 Å². The maximum Gasteiger partial charge on any atom is 0.263 e. The summed E-state index contributed by atoms with van der Waals surface area (Å²) in [6.45, 7) is 3.62. The average molecular weight is 491 g/mol. The van der Waals surface area contributed by atoms with E-state index >= 15 is 0 Å². The Hall–Kier alpha value is -2.98. The summed E-state index contributed by atoms with van der Waals surface area (Å²) in [7, 11) is 0. The molecule has 3 N–H and O–H groups in total. The maximum atomic E-state index is 13.5. The number of anilines is 2. The minimum absolute atomic E-state index is 0.0775. The Morgan fingerprint density at radius 2 is 2.00 bits per heavy atom. The standard InChI is InChI=1S/C25H30N8OS/c34-24-21(25-30-18-5-1-2-6-19(18)35-25)23(29-17-4-3-9-26-14-17)31-22(32-24)16-7-12-33(13-8-16)20-15-27-10-11-28-20/h1-2,5-6,10-11,15-19,26H,3-4,7-9,12-14H2,(H2,29,31,32,34). The van der Waals surface area contributed by atoms with Crippen molar-refractivity contribution in [3.05, 3.63) is 64.6 Å². The number of nitrogens with one attached hydrogen (secondary N) is 3. The zero-order valence-electron chi connectivity index (χ0n) is 19.6. The Labute approximate surface area is 208 Å². The highest BCUT2D eigenvalue weighted by Crippen LogP contribution is 2.35. The molecule has 0 radical (unpaired) electrons. The maximum absolute atomic E-state index is 13.5. The van der Waals surface area contributed by atoms with Gasteiger partial charge in [-0.1, -0.05) is 36.1 Å². The van der Waals surface area contributed by atoms with Crippen molar-refractivity contribution in [2.45, 2.75) is 48.9 Å². The Morgan fingerprint density at radius 1 is 1.11 bits per heavy atom. The molecule has 2 saturated heterocycles. The van der Waals surface area contributed by atoms with Crippen molar-refractivity contribution in [1.82, 2.24) is 25.3 Å². The molecule has 2 aromatic rings. The van der Waals surface area contributed by atoms with Crippen molar-refractivity contribution in [1.29, 1.82) is 0 Å². The topological polar surface area (TPSA) is 111 Å². The van der Waals surface area contributed by atoms with E-state index in [0.717, 1.165) is 68.5 Å². The van der Waals surface area contributed by atoms with Gasteiger partial charge >= 0.3 is 0 Å². The lowest BCUT2D eigenvalue weighted by Gasteiger charge is -2.32. The van der Waals surface area contributed by atoms with Crippen LogP contribution in [0.2, 0.25) is 0 Å². The molecule has 0 saturated carbocycles. The van der Waals surface area contributed by atoms with Gasteiger partial charge in [0.05, 0.1) is 17.5 Å². The molecule has 1 aliphatic carbocycles. The third kappa shape index (κ3) is 4.77. The Bertz CT molecular complexity index is 1200. The van der Waals surface area contributed by atoms with E-state index in [1.165, 1.54) is 0 Å². The fourth-order valence-electron chi connectivity index (χ4n) is 5.21. The van der Waals surface area contributed by atoms with Crippen molar-refractivity contribution in [3.63, 3.8) is 0 Å². The predicted octanol–water partition coefficient (Wildman–Crippen LogP) is 2.46. The molecule has 2 fully saturated rings. The highest BCUT2D eigenvalue weighted by molar-refractivity contribution is 8.15. The second kappa shape index (κ2) is 9.94. The minimum Gasteiger partial charge on any atom is -0.365 e. The second-order valence-corrected chi connectivity index (χ2v) is 10.6. The number of aliphatic imine (C=N–C) groups is 1. The van der Waals surface area contributed by atoms with Crippen molar-refractivity contribution in [2.75, 3.05) is 36.4 Å². The van der Waals surface area contributed by atoms with Crippen molar-refractivity contribution >= 4 is 28.4 Å². The molecular weight excluding hydrogens is 460 g/mol. The lowest BCUT2D eigenvalue weighted by atomic mass is 9.96. The van der Waals surface area contributed by atoms with Crippen LogP contribution in [0.15, 0.2) is 52.7 Å². The number of rotatable bonds is 5. The molecule has 0 aromatic carbocycles. The van der Waals surface area contributed by atoms with Gasteiger partial charge in [-0.05, 0) is 32.2 Å². The summed E-state index contributed by atoms with van der Waals surface area (Å²) in [5.41, 5.74) is 0.480. The first-order valence-electron chi connectivity index (χ1n) is 12.5. The molecule has 0 bridgehead atoms. The number of aromatic amines is 1. The monoisotopic (exact) mass is 490 g/mol. The van der Waals surface area contributed by atoms with Gasteiger partial charge in [0.2, 0.25) is 0 Å². The molecule has 10 heteroatoms. The zero-order chi connectivity index (χ0) is 23.6. The van der Waals surface area contributed by atoms with Crippen LogP contribution in [0, 0.1) is 0 Å². The van der Waals surface area contributed by atoms with Gasteiger partial charge in [-0.2, -0.15) is 0 Å². The number of nitrogens with zero attached hydrogens (tertiary/aromatic N) is 5. The van der Waals surface area contributed by atoms with E-state index in [2.05, 4.69) is 48.7 Å². The van der Waals surface area contributed by atoms with Gasteiger partial charge in [-0.25, -0.2) is 9.97 Å². The number of thioether (sulfide) groups is 1. The van der Waals surface area contributed by atoms with Crippen LogP contribution >= 0.6 is 11.8 Å². The lowest BCUT2D eigenvalue weighted by molar-refractivity contribution is 0.473. The summed E-state index contributed by atoms with van der Waals surface area (Å²) >= 11 is 1.65. The van der Waals surface area contributed by atoms with Crippen LogP contribution in [0.5, 0.6) is 0 Å². The molecule has 3 unspecified atom stereocenters. The number of hydrogen-bond donors (Lipinski definition) is 3. The van der Waals surface area contributed by atoms with Gasteiger partial charge in [0.25, 0.3) is 5.56 Å². The van der Waals surface area contributed by atoms with E-state index < -0.39 is 0 Å². The fourth-order valence-corrected chi connectivity index (χ4v) is 6.42. The second-order valence-electron chi connectivity index (χ2n) is 9.46. The lowest BCUT2D eigenvalue weighted by Crippen LogP contribution is -2.40. The normalized spacial score (nSPS) is 26.5. The van der Waals surface area contributed by atoms with Crippen LogP contribution in [0.1, 0.15) is 43.0 Å². The van der Waals surface area contributed by atoms with E-state index in [4.69, 9.17) is 9.98 Å². The van der Waals surface area contributed by atoms with Crippen LogP contribution in [-0.2, 0) is 0 Å². The van der Waals surface area contributed by atoms with Crippen LogP contribution in [0.25, 0.3) is 0 Å². The molecule has 4 aliphatic rings. The summed E-state index contributed by atoms with van der Waals surface area (Å²) in [4.78, 5) is 37.4.